The van der Waals surface area contributed by atoms with Gasteiger partial charge < -0.3 is 5.32 Å². The molecule has 1 aromatic carbocycles. The molecule has 0 aliphatic carbocycles. The Bertz CT molecular complexity index is 663. The molecule has 21 heavy (non-hydrogen) atoms. The summed E-state index contributed by atoms with van der Waals surface area (Å²) < 4.78 is 0. The van der Waals surface area contributed by atoms with Crippen molar-refractivity contribution in [3.63, 3.8) is 0 Å². The van der Waals surface area contributed by atoms with Crippen molar-refractivity contribution in [1.29, 1.82) is 0 Å². The summed E-state index contributed by atoms with van der Waals surface area (Å²) >= 11 is 1.58. The van der Waals surface area contributed by atoms with Crippen molar-refractivity contribution in [2.75, 3.05) is 0 Å². The van der Waals surface area contributed by atoms with Crippen molar-refractivity contribution in [2.45, 2.75) is 34.2 Å². The van der Waals surface area contributed by atoms with Gasteiger partial charge in [-0.25, -0.2) is 4.98 Å². The molecule has 1 amide bonds. The number of hydrogen-bond acceptors (Lipinski definition) is 3. The van der Waals surface area contributed by atoms with Gasteiger partial charge in [-0.1, -0.05) is 17.7 Å². The van der Waals surface area contributed by atoms with Crippen LogP contribution in [0.3, 0.4) is 0 Å². The van der Waals surface area contributed by atoms with E-state index >= 15 is 0 Å². The first kappa shape index (κ1) is 15.4. The van der Waals surface area contributed by atoms with E-state index in [2.05, 4.69) is 43.2 Å². The average Bonchev–Trinajstić information content (AvgIpc) is 2.81. The van der Waals surface area contributed by atoms with E-state index in [-0.39, 0.29) is 5.91 Å². The molecule has 0 aliphatic heterocycles. The predicted octanol–water partition coefficient (Wildman–Crippen LogP) is 3.71. The average molecular weight is 300 g/mol. The van der Waals surface area contributed by atoms with E-state index in [4.69, 9.17) is 0 Å². The summed E-state index contributed by atoms with van der Waals surface area (Å²) in [6.07, 6.45) is 3.28. The second-order valence-corrected chi connectivity index (χ2v) is 6.28. The summed E-state index contributed by atoms with van der Waals surface area (Å²) in [6.45, 7) is 8.74. The number of thiazole rings is 1. The molecule has 0 radical (unpaired) electrons. The maximum Gasteiger partial charge on any atom is 0.244 e. The lowest BCUT2D eigenvalue weighted by Gasteiger charge is -2.11. The molecule has 1 N–H and O–H groups in total. The van der Waals surface area contributed by atoms with Gasteiger partial charge in [0.15, 0.2) is 0 Å². The molecular weight excluding hydrogens is 280 g/mol. The highest BCUT2D eigenvalue weighted by molar-refractivity contribution is 7.09. The van der Waals surface area contributed by atoms with Crippen molar-refractivity contribution >= 4 is 23.3 Å². The predicted molar refractivity (Wildman–Crippen MR) is 88.4 cm³/mol. The van der Waals surface area contributed by atoms with Gasteiger partial charge in [-0.2, -0.15) is 0 Å². The molecule has 2 rings (SSSR count). The first-order valence-electron chi connectivity index (χ1n) is 6.90. The van der Waals surface area contributed by atoms with Gasteiger partial charge in [0.05, 0.1) is 10.7 Å². The van der Waals surface area contributed by atoms with Crippen LogP contribution < -0.4 is 5.32 Å². The summed E-state index contributed by atoms with van der Waals surface area (Å²) in [5.74, 6) is -0.0972. The summed E-state index contributed by atoms with van der Waals surface area (Å²) in [5, 5.41) is 5.87. The van der Waals surface area contributed by atoms with Gasteiger partial charge in [0, 0.05) is 18.0 Å². The number of carbonyl (C=O) groups is 1. The molecule has 0 unspecified atom stereocenters. The quantitative estimate of drug-likeness (QED) is 0.875. The second-order valence-electron chi connectivity index (χ2n) is 5.22. The molecule has 1 aromatic heterocycles. The molecule has 110 valence electrons. The zero-order valence-corrected chi connectivity index (χ0v) is 13.7. The molecule has 0 atom stereocenters. The summed E-state index contributed by atoms with van der Waals surface area (Å²) in [7, 11) is 0. The van der Waals surface area contributed by atoms with E-state index in [0.29, 0.717) is 6.54 Å². The van der Waals surface area contributed by atoms with Crippen molar-refractivity contribution in [3.8, 4) is 0 Å². The lowest BCUT2D eigenvalue weighted by molar-refractivity contribution is -0.116. The minimum Gasteiger partial charge on any atom is -0.348 e. The van der Waals surface area contributed by atoms with Crippen LogP contribution in [0.25, 0.3) is 6.08 Å². The topological polar surface area (TPSA) is 42.0 Å². The molecule has 0 fully saturated rings. The fraction of sp³-hybridized carbons (Fsp3) is 0.294. The van der Waals surface area contributed by atoms with Crippen LogP contribution in [0.1, 0.15) is 33.0 Å². The van der Waals surface area contributed by atoms with Gasteiger partial charge in [-0.15, -0.1) is 11.3 Å². The standard InChI is InChI=1S/C17H20N2OS/c1-11-7-12(2)16(13(3)8-11)9-18-17(20)6-5-15-10-21-14(4)19-15/h5-8,10H,9H2,1-4H3,(H,18,20)/b6-5+. The highest BCUT2D eigenvalue weighted by Gasteiger charge is 2.05. The Balaban J connectivity index is 1.97. The highest BCUT2D eigenvalue weighted by atomic mass is 32.1. The van der Waals surface area contributed by atoms with E-state index < -0.39 is 0 Å². The zero-order valence-electron chi connectivity index (χ0n) is 12.9. The monoisotopic (exact) mass is 300 g/mol. The normalized spacial score (nSPS) is 11.0. The second kappa shape index (κ2) is 6.68. The van der Waals surface area contributed by atoms with E-state index in [1.54, 1.807) is 17.4 Å². The molecule has 1 heterocycles. The van der Waals surface area contributed by atoms with Crippen molar-refractivity contribution in [1.82, 2.24) is 10.3 Å². The van der Waals surface area contributed by atoms with Crippen LogP contribution in [0, 0.1) is 27.7 Å². The minimum atomic E-state index is -0.0972. The Morgan fingerprint density at radius 1 is 1.24 bits per heavy atom. The third-order valence-electron chi connectivity index (χ3n) is 3.32. The molecule has 0 saturated carbocycles. The number of nitrogens with zero attached hydrogens (tertiary/aromatic N) is 1. The van der Waals surface area contributed by atoms with Gasteiger partial charge in [-0.3, -0.25) is 4.79 Å². The largest absolute Gasteiger partial charge is 0.348 e. The highest BCUT2D eigenvalue weighted by Crippen LogP contribution is 2.16. The van der Waals surface area contributed by atoms with Crippen molar-refractivity contribution in [2.24, 2.45) is 0 Å². The fourth-order valence-corrected chi connectivity index (χ4v) is 2.92. The maximum absolute atomic E-state index is 11.9. The van der Waals surface area contributed by atoms with Crippen LogP contribution >= 0.6 is 11.3 Å². The Morgan fingerprint density at radius 2 is 1.90 bits per heavy atom. The third kappa shape index (κ3) is 4.26. The number of carbonyl (C=O) groups excluding carboxylic acids is 1. The Hall–Kier alpha value is -1.94. The number of amides is 1. The molecule has 0 saturated heterocycles. The third-order valence-corrected chi connectivity index (χ3v) is 4.11. The van der Waals surface area contributed by atoms with Crippen LogP contribution in [0.15, 0.2) is 23.6 Å². The van der Waals surface area contributed by atoms with Gasteiger partial charge >= 0.3 is 0 Å². The molecule has 0 bridgehead atoms. The number of hydrogen-bond donors (Lipinski definition) is 1. The van der Waals surface area contributed by atoms with Gasteiger partial charge in [0.1, 0.15) is 0 Å². The molecule has 4 heteroatoms. The van der Waals surface area contributed by atoms with Gasteiger partial charge in [0.25, 0.3) is 0 Å². The van der Waals surface area contributed by atoms with Crippen LogP contribution in [0.5, 0.6) is 0 Å². The van der Waals surface area contributed by atoms with Crippen LogP contribution in [0.4, 0.5) is 0 Å². The molecule has 0 spiro atoms. The van der Waals surface area contributed by atoms with E-state index in [9.17, 15) is 4.79 Å². The fourth-order valence-electron chi connectivity index (χ4n) is 2.34. The lowest BCUT2D eigenvalue weighted by Crippen LogP contribution is -2.21. The van der Waals surface area contributed by atoms with Gasteiger partial charge in [0.2, 0.25) is 5.91 Å². The number of nitrogens with one attached hydrogen (secondary N) is 1. The molecule has 3 nitrogen and oxygen atoms in total. The summed E-state index contributed by atoms with van der Waals surface area (Å²) in [6, 6.07) is 4.28. The van der Waals surface area contributed by atoms with E-state index in [1.165, 1.54) is 28.3 Å². The van der Waals surface area contributed by atoms with Crippen molar-refractivity contribution < 1.29 is 4.79 Å². The van der Waals surface area contributed by atoms with E-state index in [1.807, 2.05) is 12.3 Å². The Morgan fingerprint density at radius 3 is 2.48 bits per heavy atom. The lowest BCUT2D eigenvalue weighted by atomic mass is 10.00. The molecule has 0 aliphatic rings. The first-order chi connectivity index (χ1) is 9.95. The maximum atomic E-state index is 11.9. The molecule has 2 aromatic rings. The van der Waals surface area contributed by atoms with Crippen LogP contribution in [0.2, 0.25) is 0 Å². The Kier molecular flexibility index (Phi) is 4.91. The van der Waals surface area contributed by atoms with Crippen molar-refractivity contribution in [3.05, 3.63) is 56.5 Å². The smallest absolute Gasteiger partial charge is 0.244 e. The Labute approximate surface area is 129 Å². The number of benzene rings is 1. The summed E-state index contributed by atoms with van der Waals surface area (Å²) in [4.78, 5) is 16.2. The van der Waals surface area contributed by atoms with E-state index in [0.717, 1.165) is 10.7 Å². The number of aromatic nitrogens is 1. The minimum absolute atomic E-state index is 0.0972. The zero-order chi connectivity index (χ0) is 15.4. The number of rotatable bonds is 4. The number of aryl methyl sites for hydroxylation is 4. The SMILES string of the molecule is Cc1cc(C)c(CNC(=O)/C=C/c2csc(C)n2)c(C)c1. The summed E-state index contributed by atoms with van der Waals surface area (Å²) in [5.41, 5.74) is 5.69. The van der Waals surface area contributed by atoms with Gasteiger partial charge in [-0.05, 0) is 50.5 Å². The molecular formula is C17H20N2OS. The first-order valence-corrected chi connectivity index (χ1v) is 7.78. The van der Waals surface area contributed by atoms with Crippen LogP contribution in [-0.2, 0) is 11.3 Å². The van der Waals surface area contributed by atoms with Crippen LogP contribution in [-0.4, -0.2) is 10.9 Å².